The van der Waals surface area contributed by atoms with Gasteiger partial charge in [0.2, 0.25) is 5.89 Å². The molecule has 1 fully saturated rings. The number of rotatable bonds is 8. The van der Waals surface area contributed by atoms with Crippen LogP contribution in [0.1, 0.15) is 37.3 Å². The van der Waals surface area contributed by atoms with E-state index in [1.54, 1.807) is 19.2 Å². The minimum absolute atomic E-state index is 0.0331. The zero-order valence-corrected chi connectivity index (χ0v) is 16.4. The fourth-order valence-electron chi connectivity index (χ4n) is 3.49. The van der Waals surface area contributed by atoms with Crippen molar-refractivity contribution in [3.8, 4) is 17.2 Å². The van der Waals surface area contributed by atoms with E-state index in [9.17, 15) is 10.1 Å². The molecular formula is C21H23N4O4+. The maximum atomic E-state index is 10.8. The predicted molar refractivity (Wildman–Crippen MR) is 105 cm³/mol. The Morgan fingerprint density at radius 1 is 1.17 bits per heavy atom. The lowest BCUT2D eigenvalue weighted by Gasteiger charge is -2.23. The summed E-state index contributed by atoms with van der Waals surface area (Å²) in [6.45, 7) is 2.97. The molecule has 0 radical (unpaired) electrons. The lowest BCUT2D eigenvalue weighted by atomic mass is 10.1. The van der Waals surface area contributed by atoms with Crippen molar-refractivity contribution < 1.29 is 19.0 Å². The summed E-state index contributed by atoms with van der Waals surface area (Å²) in [6.07, 6.45) is 2.39. The van der Waals surface area contributed by atoms with Gasteiger partial charge in [0.1, 0.15) is 12.3 Å². The van der Waals surface area contributed by atoms with Gasteiger partial charge in [-0.15, -0.1) is 10.2 Å². The fraction of sp³-hybridized carbons (Fsp3) is 0.333. The summed E-state index contributed by atoms with van der Waals surface area (Å²) in [4.78, 5) is 11.8. The second-order valence-corrected chi connectivity index (χ2v) is 7.35. The number of non-ortho nitro benzene ring substituents is 1. The first-order valence-electron chi connectivity index (χ1n) is 9.62. The average Bonchev–Trinajstić information content (AvgIpc) is 3.47. The quantitative estimate of drug-likeness (QED) is 0.465. The largest absolute Gasteiger partial charge is 0.497 e. The molecule has 2 aromatic carbocycles. The zero-order valence-electron chi connectivity index (χ0n) is 16.4. The van der Waals surface area contributed by atoms with Crippen LogP contribution >= 0.6 is 0 Å². The second-order valence-electron chi connectivity index (χ2n) is 7.35. The van der Waals surface area contributed by atoms with Gasteiger partial charge in [0.05, 0.1) is 18.1 Å². The van der Waals surface area contributed by atoms with Gasteiger partial charge in [-0.1, -0.05) is 0 Å². The van der Waals surface area contributed by atoms with Crippen LogP contribution in [0, 0.1) is 10.1 Å². The Labute approximate surface area is 168 Å². The van der Waals surface area contributed by atoms with Crippen LogP contribution in [0.25, 0.3) is 11.5 Å². The first-order chi connectivity index (χ1) is 14.0. The van der Waals surface area contributed by atoms with Crippen molar-refractivity contribution >= 4 is 5.69 Å². The van der Waals surface area contributed by atoms with Gasteiger partial charge in [-0.25, -0.2) is 0 Å². The molecular weight excluding hydrogens is 372 g/mol. The average molecular weight is 395 g/mol. The molecule has 1 aromatic heterocycles. The molecule has 3 aromatic rings. The number of aromatic nitrogens is 2. The molecule has 4 rings (SSSR count). The van der Waals surface area contributed by atoms with Crippen LogP contribution in [0.3, 0.4) is 0 Å². The Bertz CT molecular complexity index is 981. The van der Waals surface area contributed by atoms with Gasteiger partial charge in [-0.05, 0) is 43.3 Å². The van der Waals surface area contributed by atoms with E-state index < -0.39 is 4.92 Å². The van der Waals surface area contributed by atoms with E-state index in [1.165, 1.54) is 35.4 Å². The van der Waals surface area contributed by atoms with E-state index in [-0.39, 0.29) is 11.7 Å². The minimum atomic E-state index is -0.429. The number of hydrogen-bond acceptors (Lipinski definition) is 6. The summed E-state index contributed by atoms with van der Waals surface area (Å²) in [6, 6.07) is 14.9. The molecule has 1 heterocycles. The first-order valence-corrected chi connectivity index (χ1v) is 9.62. The third kappa shape index (κ3) is 4.27. The van der Waals surface area contributed by atoms with Crippen LogP contribution in [0.4, 0.5) is 5.69 Å². The summed E-state index contributed by atoms with van der Waals surface area (Å²) < 4.78 is 11.2. The normalized spacial score (nSPS) is 15.7. The van der Waals surface area contributed by atoms with Crippen molar-refractivity contribution in [2.75, 3.05) is 7.11 Å². The third-order valence-corrected chi connectivity index (χ3v) is 5.36. The van der Waals surface area contributed by atoms with Crippen LogP contribution in [0.2, 0.25) is 0 Å². The molecule has 1 aliphatic carbocycles. The number of nitro groups is 1. The molecule has 150 valence electrons. The monoisotopic (exact) mass is 395 g/mol. The van der Waals surface area contributed by atoms with Crippen LogP contribution in [0.15, 0.2) is 52.9 Å². The van der Waals surface area contributed by atoms with E-state index in [1.807, 2.05) is 12.1 Å². The molecule has 8 nitrogen and oxygen atoms in total. The van der Waals surface area contributed by atoms with Crippen molar-refractivity contribution in [1.82, 2.24) is 10.2 Å². The summed E-state index contributed by atoms with van der Waals surface area (Å²) in [5, 5.41) is 19.2. The Morgan fingerprint density at radius 3 is 2.45 bits per heavy atom. The number of benzene rings is 2. The van der Waals surface area contributed by atoms with Crippen molar-refractivity contribution in [2.24, 2.45) is 0 Å². The van der Waals surface area contributed by atoms with Gasteiger partial charge in [0.25, 0.3) is 11.6 Å². The third-order valence-electron chi connectivity index (χ3n) is 5.36. The highest BCUT2D eigenvalue weighted by Gasteiger charge is 2.39. The first kappa shape index (κ1) is 19.1. The number of hydrogen-bond donors (Lipinski definition) is 1. The fourth-order valence-corrected chi connectivity index (χ4v) is 3.49. The van der Waals surface area contributed by atoms with Crippen molar-refractivity contribution in [3.63, 3.8) is 0 Å². The highest BCUT2D eigenvalue weighted by atomic mass is 16.6. The van der Waals surface area contributed by atoms with Gasteiger partial charge in [-0.3, -0.25) is 10.1 Å². The molecule has 0 bridgehead atoms. The number of nitrogens with zero attached hydrogens (tertiary/aromatic N) is 3. The Morgan fingerprint density at radius 2 is 1.86 bits per heavy atom. The van der Waals surface area contributed by atoms with Crippen LogP contribution in [-0.4, -0.2) is 28.3 Å². The number of methoxy groups -OCH3 is 1. The van der Waals surface area contributed by atoms with Gasteiger partial charge in [0.15, 0.2) is 6.04 Å². The summed E-state index contributed by atoms with van der Waals surface area (Å²) >= 11 is 0. The Hall–Kier alpha value is -3.26. The minimum Gasteiger partial charge on any atom is -0.497 e. The number of nitro benzene ring substituents is 1. The zero-order chi connectivity index (χ0) is 20.4. The molecule has 0 amide bonds. The predicted octanol–water partition coefficient (Wildman–Crippen LogP) is 2.96. The SMILES string of the molecule is COc1ccc(C[NH+](C2CC2)[C@H](C)c2nnc(-c3ccc([N+](=O)[O-])cc3)o2)cc1. The highest BCUT2D eigenvalue weighted by molar-refractivity contribution is 5.55. The maximum Gasteiger partial charge on any atom is 0.274 e. The number of ether oxygens (including phenoxy) is 1. The van der Waals surface area contributed by atoms with Crippen LogP contribution < -0.4 is 9.64 Å². The summed E-state index contributed by atoms with van der Waals surface area (Å²) in [5.74, 6) is 1.80. The van der Waals surface area contributed by atoms with Crippen molar-refractivity contribution in [1.29, 1.82) is 0 Å². The van der Waals surface area contributed by atoms with E-state index in [0.717, 1.165) is 12.3 Å². The molecule has 29 heavy (non-hydrogen) atoms. The van der Waals surface area contributed by atoms with E-state index in [0.29, 0.717) is 23.4 Å². The number of quaternary nitrogens is 1. The standard InChI is InChI=1S/C21H22N4O4/c1-14(24(17-9-10-17)13-15-3-11-19(28-2)12-4-15)20-22-23-21(29-20)16-5-7-18(8-6-16)25(26)27/h3-8,11-12,14,17H,9-10,13H2,1-2H3/p+1/t14-/m1/s1. The van der Waals surface area contributed by atoms with E-state index in [2.05, 4.69) is 29.3 Å². The molecule has 0 saturated heterocycles. The molecule has 0 spiro atoms. The van der Waals surface area contributed by atoms with Gasteiger partial charge >= 0.3 is 0 Å². The topological polar surface area (TPSA) is 95.7 Å². The highest BCUT2D eigenvalue weighted by Crippen LogP contribution is 2.24. The molecule has 8 heteroatoms. The second kappa shape index (κ2) is 8.00. The van der Waals surface area contributed by atoms with E-state index in [4.69, 9.17) is 9.15 Å². The lowest BCUT2D eigenvalue weighted by Crippen LogP contribution is -3.12. The Balaban J connectivity index is 1.51. The summed E-state index contributed by atoms with van der Waals surface area (Å²) in [7, 11) is 1.66. The molecule has 1 saturated carbocycles. The van der Waals surface area contributed by atoms with Crippen molar-refractivity contribution in [2.45, 2.75) is 38.4 Å². The molecule has 1 unspecified atom stereocenters. The van der Waals surface area contributed by atoms with Crippen molar-refractivity contribution in [3.05, 3.63) is 70.1 Å². The number of nitrogens with one attached hydrogen (secondary N) is 1. The van der Waals surface area contributed by atoms with Crippen LogP contribution in [0.5, 0.6) is 5.75 Å². The Kier molecular flexibility index (Phi) is 5.26. The molecule has 1 N–H and O–H groups in total. The molecule has 2 atom stereocenters. The molecule has 0 aliphatic heterocycles. The lowest BCUT2D eigenvalue weighted by molar-refractivity contribution is -0.955. The van der Waals surface area contributed by atoms with Gasteiger partial charge in [0, 0.05) is 36.1 Å². The van der Waals surface area contributed by atoms with Gasteiger partial charge < -0.3 is 14.1 Å². The van der Waals surface area contributed by atoms with Gasteiger partial charge in [-0.2, -0.15) is 0 Å². The maximum absolute atomic E-state index is 10.8. The summed E-state index contributed by atoms with van der Waals surface area (Å²) in [5.41, 5.74) is 1.94. The van der Waals surface area contributed by atoms with Crippen LogP contribution in [-0.2, 0) is 6.54 Å². The smallest absolute Gasteiger partial charge is 0.274 e. The molecule has 1 aliphatic rings. The van der Waals surface area contributed by atoms with E-state index >= 15 is 0 Å².